The maximum Gasteiger partial charge on any atom is 0.343 e. The highest BCUT2D eigenvalue weighted by atomic mass is 16.6. The van der Waals surface area contributed by atoms with Crippen LogP contribution >= 0.6 is 0 Å². The summed E-state index contributed by atoms with van der Waals surface area (Å²) in [6.07, 6.45) is 0. The van der Waals surface area contributed by atoms with Crippen molar-refractivity contribution in [1.29, 1.82) is 5.26 Å². The van der Waals surface area contributed by atoms with Gasteiger partial charge in [-0.3, -0.25) is 10.1 Å². The van der Waals surface area contributed by atoms with E-state index in [0.717, 1.165) is 11.6 Å². The Morgan fingerprint density at radius 1 is 1.12 bits per heavy atom. The molecule has 0 radical (unpaired) electrons. The minimum atomic E-state index is -0.767. The van der Waals surface area contributed by atoms with Gasteiger partial charge in [0.05, 0.1) is 23.5 Å². The number of benzene rings is 3. The number of nitro benzene ring substituents is 1. The van der Waals surface area contributed by atoms with Crippen LogP contribution in [0.1, 0.15) is 27.4 Å². The lowest BCUT2D eigenvalue weighted by atomic mass is 9.83. The van der Waals surface area contributed by atoms with Crippen LogP contribution in [0.2, 0.25) is 0 Å². The van der Waals surface area contributed by atoms with E-state index in [9.17, 15) is 20.2 Å². The molecule has 1 atom stereocenters. The van der Waals surface area contributed by atoms with E-state index in [0.29, 0.717) is 17.1 Å². The summed E-state index contributed by atoms with van der Waals surface area (Å²) in [6, 6.07) is 19.3. The number of ether oxygens (including phenoxy) is 3. The molecule has 3 aromatic carbocycles. The van der Waals surface area contributed by atoms with Crippen LogP contribution in [0.25, 0.3) is 0 Å². The van der Waals surface area contributed by atoms with Gasteiger partial charge in [-0.1, -0.05) is 30.3 Å². The second kappa shape index (κ2) is 8.72. The van der Waals surface area contributed by atoms with Gasteiger partial charge in [0.15, 0.2) is 0 Å². The van der Waals surface area contributed by atoms with Crippen LogP contribution in [-0.4, -0.2) is 18.0 Å². The zero-order chi connectivity index (χ0) is 23.5. The SMILES string of the molecule is COc1ccccc1C1C(C#N)=C(N)Oc2cc(OC(=O)c3cccc([N+](=O)[O-])c3)ccc21. The van der Waals surface area contributed by atoms with E-state index in [-0.39, 0.29) is 28.5 Å². The minimum Gasteiger partial charge on any atom is -0.496 e. The summed E-state index contributed by atoms with van der Waals surface area (Å²) in [5.41, 5.74) is 7.44. The predicted molar refractivity (Wildman–Crippen MR) is 117 cm³/mol. The fourth-order valence-corrected chi connectivity index (χ4v) is 3.64. The number of nitrogens with two attached hydrogens (primary N) is 1. The number of non-ortho nitro benzene ring substituents is 1. The van der Waals surface area contributed by atoms with E-state index in [2.05, 4.69) is 6.07 Å². The van der Waals surface area contributed by atoms with Gasteiger partial charge in [0.2, 0.25) is 5.88 Å². The zero-order valence-corrected chi connectivity index (χ0v) is 17.3. The molecule has 2 N–H and O–H groups in total. The number of para-hydroxylation sites is 1. The molecule has 9 nitrogen and oxygen atoms in total. The largest absolute Gasteiger partial charge is 0.496 e. The normalized spacial score (nSPS) is 14.5. The van der Waals surface area contributed by atoms with Crippen LogP contribution in [0.4, 0.5) is 5.69 Å². The molecule has 9 heteroatoms. The number of methoxy groups -OCH3 is 1. The van der Waals surface area contributed by atoms with Crippen molar-refractivity contribution < 1.29 is 23.9 Å². The number of esters is 1. The van der Waals surface area contributed by atoms with E-state index in [1.54, 1.807) is 18.2 Å². The van der Waals surface area contributed by atoms with Crippen LogP contribution in [0.15, 0.2) is 78.2 Å². The maximum absolute atomic E-state index is 12.5. The third-order valence-corrected chi connectivity index (χ3v) is 5.14. The summed E-state index contributed by atoms with van der Waals surface area (Å²) in [7, 11) is 1.54. The van der Waals surface area contributed by atoms with Crippen molar-refractivity contribution >= 4 is 11.7 Å². The average Bonchev–Trinajstić information content (AvgIpc) is 2.83. The number of carbonyl (C=O) groups is 1. The average molecular weight is 443 g/mol. The van der Waals surface area contributed by atoms with E-state index in [1.807, 2.05) is 18.2 Å². The predicted octanol–water partition coefficient (Wildman–Crippen LogP) is 4.04. The fraction of sp³-hybridized carbons (Fsp3) is 0.0833. The molecule has 0 amide bonds. The Balaban J connectivity index is 1.70. The molecule has 0 saturated heterocycles. The molecule has 0 fully saturated rings. The molecular formula is C24H17N3O6. The number of hydrogen-bond acceptors (Lipinski definition) is 8. The first-order chi connectivity index (χ1) is 15.9. The molecule has 0 bridgehead atoms. The zero-order valence-electron chi connectivity index (χ0n) is 17.3. The van der Waals surface area contributed by atoms with E-state index in [1.165, 1.54) is 31.4 Å². The summed E-state index contributed by atoms with van der Waals surface area (Å²) in [5.74, 6) is -0.336. The lowest BCUT2D eigenvalue weighted by Crippen LogP contribution is -2.21. The molecular weight excluding hydrogens is 426 g/mol. The molecule has 0 aromatic heterocycles. The lowest BCUT2D eigenvalue weighted by molar-refractivity contribution is -0.384. The van der Waals surface area contributed by atoms with Crippen LogP contribution < -0.4 is 19.9 Å². The smallest absolute Gasteiger partial charge is 0.343 e. The highest BCUT2D eigenvalue weighted by molar-refractivity contribution is 5.91. The summed E-state index contributed by atoms with van der Waals surface area (Å²) in [4.78, 5) is 22.9. The quantitative estimate of drug-likeness (QED) is 0.270. The molecule has 164 valence electrons. The van der Waals surface area contributed by atoms with Gasteiger partial charge in [0.25, 0.3) is 5.69 Å². The van der Waals surface area contributed by atoms with Crippen molar-refractivity contribution in [1.82, 2.24) is 0 Å². The number of hydrogen-bond donors (Lipinski definition) is 1. The number of nitriles is 1. The highest BCUT2D eigenvalue weighted by Crippen LogP contribution is 2.45. The molecule has 1 heterocycles. The summed E-state index contributed by atoms with van der Waals surface area (Å²) < 4.78 is 16.5. The van der Waals surface area contributed by atoms with Crippen molar-refractivity contribution in [2.24, 2.45) is 5.73 Å². The van der Waals surface area contributed by atoms with Gasteiger partial charge < -0.3 is 19.9 Å². The third-order valence-electron chi connectivity index (χ3n) is 5.14. The fourth-order valence-electron chi connectivity index (χ4n) is 3.64. The molecule has 4 rings (SSSR count). The minimum absolute atomic E-state index is 0.0286. The van der Waals surface area contributed by atoms with Gasteiger partial charge in [0.1, 0.15) is 28.9 Å². The van der Waals surface area contributed by atoms with E-state index < -0.39 is 16.8 Å². The Morgan fingerprint density at radius 2 is 1.91 bits per heavy atom. The monoisotopic (exact) mass is 443 g/mol. The number of carbonyl (C=O) groups excluding carboxylic acids is 1. The summed E-state index contributed by atoms with van der Waals surface area (Å²) in [5, 5.41) is 20.7. The Kier molecular flexibility index (Phi) is 5.66. The number of nitrogens with zero attached hydrogens (tertiary/aromatic N) is 2. The first-order valence-electron chi connectivity index (χ1n) is 9.74. The Bertz CT molecular complexity index is 1340. The first kappa shape index (κ1) is 21.4. The van der Waals surface area contributed by atoms with Gasteiger partial charge in [-0.2, -0.15) is 5.26 Å². The molecule has 33 heavy (non-hydrogen) atoms. The van der Waals surface area contributed by atoms with Crippen LogP contribution in [0, 0.1) is 21.4 Å². The highest BCUT2D eigenvalue weighted by Gasteiger charge is 2.32. The number of rotatable bonds is 5. The number of fused-ring (bicyclic) bond motifs is 1. The molecule has 1 aliphatic rings. The van der Waals surface area contributed by atoms with Crippen molar-refractivity contribution in [3.8, 4) is 23.3 Å². The molecule has 0 spiro atoms. The van der Waals surface area contributed by atoms with Crippen molar-refractivity contribution in [3.05, 3.63) is 105 Å². The van der Waals surface area contributed by atoms with Gasteiger partial charge in [0, 0.05) is 29.3 Å². The Morgan fingerprint density at radius 3 is 2.64 bits per heavy atom. The third kappa shape index (κ3) is 4.05. The Hall–Kier alpha value is -4.84. The number of nitro groups is 1. The van der Waals surface area contributed by atoms with E-state index >= 15 is 0 Å². The van der Waals surface area contributed by atoms with Gasteiger partial charge in [-0.15, -0.1) is 0 Å². The van der Waals surface area contributed by atoms with Gasteiger partial charge >= 0.3 is 5.97 Å². The second-order valence-electron chi connectivity index (χ2n) is 7.06. The lowest BCUT2D eigenvalue weighted by Gasteiger charge is -2.27. The molecule has 0 aliphatic carbocycles. The van der Waals surface area contributed by atoms with Gasteiger partial charge in [-0.25, -0.2) is 4.79 Å². The maximum atomic E-state index is 12.5. The number of allylic oxidation sites excluding steroid dienone is 1. The van der Waals surface area contributed by atoms with Crippen molar-refractivity contribution in [2.45, 2.75) is 5.92 Å². The Labute approximate surface area is 188 Å². The molecule has 3 aromatic rings. The van der Waals surface area contributed by atoms with Crippen LogP contribution in [0.5, 0.6) is 17.2 Å². The summed E-state index contributed by atoms with van der Waals surface area (Å²) >= 11 is 0. The van der Waals surface area contributed by atoms with E-state index in [4.69, 9.17) is 19.9 Å². The first-order valence-corrected chi connectivity index (χ1v) is 9.74. The molecule has 1 unspecified atom stereocenters. The topological polar surface area (TPSA) is 138 Å². The second-order valence-corrected chi connectivity index (χ2v) is 7.06. The summed E-state index contributed by atoms with van der Waals surface area (Å²) in [6.45, 7) is 0. The van der Waals surface area contributed by atoms with Crippen molar-refractivity contribution in [2.75, 3.05) is 7.11 Å². The standard InChI is InChI=1S/C24H17N3O6/c1-31-20-8-3-2-7-17(20)22-18-10-9-16(12-21(18)33-23(26)19(22)13-25)32-24(28)14-5-4-6-15(11-14)27(29)30/h2-12,22H,26H2,1H3. The van der Waals surface area contributed by atoms with Crippen molar-refractivity contribution in [3.63, 3.8) is 0 Å². The van der Waals surface area contributed by atoms with Crippen LogP contribution in [0.3, 0.4) is 0 Å². The molecule has 1 aliphatic heterocycles. The molecule has 0 saturated carbocycles. The van der Waals surface area contributed by atoms with Crippen LogP contribution in [-0.2, 0) is 0 Å². The van der Waals surface area contributed by atoms with Gasteiger partial charge in [-0.05, 0) is 18.2 Å².